The van der Waals surface area contributed by atoms with Crippen molar-refractivity contribution in [1.29, 1.82) is 5.26 Å². The first kappa shape index (κ1) is 10.6. The van der Waals surface area contributed by atoms with Gasteiger partial charge < -0.3 is 4.74 Å². The lowest BCUT2D eigenvalue weighted by Gasteiger charge is -2.17. The smallest absolute Gasteiger partial charge is 0.338 e. The number of pyridine rings is 1. The van der Waals surface area contributed by atoms with Crippen LogP contribution in [0, 0.1) is 11.3 Å². The fourth-order valence-electron chi connectivity index (χ4n) is 2.05. The number of nitriles is 1. The lowest BCUT2D eigenvalue weighted by molar-refractivity contribution is 0.0599. The molecule has 0 atom stereocenters. The minimum Gasteiger partial charge on any atom is -0.465 e. The van der Waals surface area contributed by atoms with Gasteiger partial charge in [0.25, 0.3) is 0 Å². The van der Waals surface area contributed by atoms with Crippen LogP contribution in [-0.4, -0.2) is 18.1 Å². The zero-order valence-electron chi connectivity index (χ0n) is 9.12. The molecule has 0 N–H and O–H groups in total. The molecule has 1 heterocycles. The first-order chi connectivity index (χ1) is 7.76. The minimum atomic E-state index is -0.378. The summed E-state index contributed by atoms with van der Waals surface area (Å²) in [5.74, 6) is -0.378. The molecular formula is C12H12N2O2. The molecule has 16 heavy (non-hydrogen) atoms. The number of methoxy groups -OCH3 is 1. The number of hydrogen-bond acceptors (Lipinski definition) is 4. The van der Waals surface area contributed by atoms with Gasteiger partial charge in [0.2, 0.25) is 0 Å². The molecule has 0 bridgehead atoms. The van der Waals surface area contributed by atoms with Crippen LogP contribution < -0.4 is 0 Å². The van der Waals surface area contributed by atoms with Crippen LogP contribution in [0.2, 0.25) is 0 Å². The summed E-state index contributed by atoms with van der Waals surface area (Å²) >= 11 is 0. The zero-order chi connectivity index (χ0) is 11.5. The average molecular weight is 216 g/mol. The molecule has 1 aliphatic carbocycles. The summed E-state index contributed by atoms with van der Waals surface area (Å²) < 4.78 is 4.73. The van der Waals surface area contributed by atoms with E-state index in [-0.39, 0.29) is 5.97 Å². The molecular weight excluding hydrogens is 204 g/mol. The van der Waals surface area contributed by atoms with E-state index >= 15 is 0 Å². The van der Waals surface area contributed by atoms with Gasteiger partial charge in [-0.05, 0) is 37.3 Å². The second-order valence-corrected chi connectivity index (χ2v) is 3.79. The summed E-state index contributed by atoms with van der Waals surface area (Å²) in [6, 6.07) is 3.50. The van der Waals surface area contributed by atoms with Crippen LogP contribution in [0.25, 0.3) is 0 Å². The minimum absolute atomic E-state index is 0.293. The van der Waals surface area contributed by atoms with E-state index in [1.807, 2.05) is 6.07 Å². The van der Waals surface area contributed by atoms with Crippen LogP contribution in [0.1, 0.15) is 40.2 Å². The van der Waals surface area contributed by atoms with Crippen LogP contribution >= 0.6 is 0 Å². The topological polar surface area (TPSA) is 63.0 Å². The van der Waals surface area contributed by atoms with E-state index in [0.717, 1.165) is 36.9 Å². The van der Waals surface area contributed by atoms with Crippen molar-refractivity contribution >= 4 is 5.97 Å². The Balaban J connectivity index is 2.57. The second-order valence-electron chi connectivity index (χ2n) is 3.79. The third-order valence-electron chi connectivity index (χ3n) is 2.82. The van der Waals surface area contributed by atoms with Crippen LogP contribution in [0.5, 0.6) is 0 Å². The molecule has 0 saturated heterocycles. The van der Waals surface area contributed by atoms with Gasteiger partial charge in [-0.1, -0.05) is 0 Å². The third-order valence-corrected chi connectivity index (χ3v) is 2.82. The highest BCUT2D eigenvalue weighted by molar-refractivity contribution is 5.91. The average Bonchev–Trinajstić information content (AvgIpc) is 2.36. The molecule has 0 aliphatic heterocycles. The van der Waals surface area contributed by atoms with E-state index in [2.05, 4.69) is 4.98 Å². The number of nitrogens with zero attached hydrogens (tertiary/aromatic N) is 2. The number of aromatic nitrogens is 1. The van der Waals surface area contributed by atoms with Crippen molar-refractivity contribution in [3.05, 3.63) is 28.6 Å². The summed E-state index contributed by atoms with van der Waals surface area (Å²) in [6.07, 6.45) is 3.81. The van der Waals surface area contributed by atoms with Crippen molar-refractivity contribution in [3.8, 4) is 6.07 Å². The van der Waals surface area contributed by atoms with Gasteiger partial charge in [-0.25, -0.2) is 9.78 Å². The van der Waals surface area contributed by atoms with Crippen molar-refractivity contribution in [2.75, 3.05) is 7.11 Å². The molecule has 0 spiro atoms. The van der Waals surface area contributed by atoms with E-state index in [4.69, 9.17) is 10.00 Å². The van der Waals surface area contributed by atoms with Crippen molar-refractivity contribution in [1.82, 2.24) is 4.98 Å². The highest BCUT2D eigenvalue weighted by Crippen LogP contribution is 2.24. The lowest BCUT2D eigenvalue weighted by Crippen LogP contribution is -2.14. The Morgan fingerprint density at radius 3 is 2.94 bits per heavy atom. The maximum atomic E-state index is 11.6. The van der Waals surface area contributed by atoms with Gasteiger partial charge in [-0.3, -0.25) is 0 Å². The van der Waals surface area contributed by atoms with Crippen LogP contribution in [-0.2, 0) is 17.6 Å². The SMILES string of the molecule is COC(=O)c1cc(C#N)nc2c1CCCC2. The summed E-state index contributed by atoms with van der Waals surface area (Å²) in [6.45, 7) is 0. The molecule has 0 radical (unpaired) electrons. The van der Waals surface area contributed by atoms with E-state index in [9.17, 15) is 4.79 Å². The monoisotopic (exact) mass is 216 g/mol. The van der Waals surface area contributed by atoms with Gasteiger partial charge in [0, 0.05) is 5.69 Å². The van der Waals surface area contributed by atoms with Gasteiger partial charge in [0.05, 0.1) is 12.7 Å². The van der Waals surface area contributed by atoms with E-state index in [0.29, 0.717) is 11.3 Å². The molecule has 0 aromatic carbocycles. The fourth-order valence-corrected chi connectivity index (χ4v) is 2.05. The zero-order valence-corrected chi connectivity index (χ0v) is 9.12. The molecule has 0 amide bonds. The van der Waals surface area contributed by atoms with Gasteiger partial charge >= 0.3 is 5.97 Å². The molecule has 1 aliphatic rings. The van der Waals surface area contributed by atoms with Crippen molar-refractivity contribution < 1.29 is 9.53 Å². The summed E-state index contributed by atoms with van der Waals surface area (Å²) in [5.41, 5.74) is 2.63. The molecule has 0 unspecified atom stereocenters. The van der Waals surface area contributed by atoms with Gasteiger partial charge in [-0.15, -0.1) is 0 Å². The van der Waals surface area contributed by atoms with Gasteiger partial charge in [0.15, 0.2) is 0 Å². The number of fused-ring (bicyclic) bond motifs is 1. The number of carbonyl (C=O) groups is 1. The number of carbonyl (C=O) groups excluding carboxylic acids is 1. The van der Waals surface area contributed by atoms with Crippen LogP contribution in [0.15, 0.2) is 6.07 Å². The summed E-state index contributed by atoms with van der Waals surface area (Å²) in [7, 11) is 1.35. The van der Waals surface area contributed by atoms with E-state index in [1.165, 1.54) is 13.2 Å². The second kappa shape index (κ2) is 4.31. The van der Waals surface area contributed by atoms with E-state index < -0.39 is 0 Å². The molecule has 4 nitrogen and oxygen atoms in total. The first-order valence-electron chi connectivity index (χ1n) is 5.27. The number of rotatable bonds is 1. The van der Waals surface area contributed by atoms with Crippen LogP contribution in [0.4, 0.5) is 0 Å². The predicted octanol–water partition coefficient (Wildman–Crippen LogP) is 1.62. The molecule has 4 heteroatoms. The Kier molecular flexibility index (Phi) is 2.86. The Morgan fingerprint density at radius 1 is 1.50 bits per heavy atom. The number of aryl methyl sites for hydroxylation is 1. The Labute approximate surface area is 93.9 Å². The summed E-state index contributed by atoms with van der Waals surface area (Å²) in [4.78, 5) is 15.8. The quantitative estimate of drug-likeness (QED) is 0.669. The van der Waals surface area contributed by atoms with Crippen molar-refractivity contribution in [3.63, 3.8) is 0 Å². The van der Waals surface area contributed by atoms with Gasteiger partial charge in [0.1, 0.15) is 11.8 Å². The maximum absolute atomic E-state index is 11.6. The molecule has 1 aromatic heterocycles. The molecule has 0 saturated carbocycles. The molecule has 82 valence electrons. The first-order valence-corrected chi connectivity index (χ1v) is 5.27. The Hall–Kier alpha value is -1.89. The highest BCUT2D eigenvalue weighted by Gasteiger charge is 2.20. The predicted molar refractivity (Wildman–Crippen MR) is 56.9 cm³/mol. The third kappa shape index (κ3) is 1.76. The molecule has 2 rings (SSSR count). The van der Waals surface area contributed by atoms with Crippen molar-refractivity contribution in [2.45, 2.75) is 25.7 Å². The Morgan fingerprint density at radius 2 is 2.25 bits per heavy atom. The summed E-state index contributed by atoms with van der Waals surface area (Å²) in [5, 5.41) is 8.85. The van der Waals surface area contributed by atoms with Crippen LogP contribution in [0.3, 0.4) is 0 Å². The Bertz CT molecular complexity index is 475. The number of hydrogen-bond donors (Lipinski definition) is 0. The fraction of sp³-hybridized carbons (Fsp3) is 0.417. The highest BCUT2D eigenvalue weighted by atomic mass is 16.5. The van der Waals surface area contributed by atoms with E-state index in [1.54, 1.807) is 0 Å². The molecule has 1 aromatic rings. The number of ether oxygens (including phenoxy) is 1. The lowest BCUT2D eigenvalue weighted by atomic mass is 9.91. The maximum Gasteiger partial charge on any atom is 0.338 e. The largest absolute Gasteiger partial charge is 0.465 e. The normalized spacial score (nSPS) is 13.8. The molecule has 0 fully saturated rings. The van der Waals surface area contributed by atoms with Gasteiger partial charge in [-0.2, -0.15) is 5.26 Å². The standard InChI is InChI=1S/C12H12N2O2/c1-16-12(15)10-6-8(7-13)14-11-5-3-2-4-9(10)11/h6H,2-5H2,1H3. The number of esters is 1. The van der Waals surface area contributed by atoms with Crippen molar-refractivity contribution in [2.24, 2.45) is 0 Å².